The van der Waals surface area contributed by atoms with Crippen molar-refractivity contribution in [3.8, 4) is 0 Å². The van der Waals surface area contributed by atoms with Gasteiger partial charge in [-0.3, -0.25) is 0 Å². The van der Waals surface area contributed by atoms with E-state index in [0.717, 1.165) is 6.54 Å². The summed E-state index contributed by atoms with van der Waals surface area (Å²) in [5, 5.41) is 3.60. The van der Waals surface area contributed by atoms with Crippen molar-refractivity contribution >= 4 is 11.3 Å². The van der Waals surface area contributed by atoms with Crippen molar-refractivity contribution in [1.29, 1.82) is 0 Å². The fraction of sp³-hybridized carbons (Fsp3) is 0.800. The van der Waals surface area contributed by atoms with E-state index in [4.69, 9.17) is 0 Å². The number of hydrogen-bond acceptors (Lipinski definition) is 4. The maximum atomic E-state index is 4.35. The predicted molar refractivity (Wildman–Crippen MR) is 82.6 cm³/mol. The highest BCUT2D eigenvalue weighted by molar-refractivity contribution is 7.09. The van der Waals surface area contributed by atoms with Gasteiger partial charge in [0.15, 0.2) is 0 Å². The summed E-state index contributed by atoms with van der Waals surface area (Å²) in [6.45, 7) is 9.05. The zero-order valence-electron chi connectivity index (χ0n) is 12.5. The van der Waals surface area contributed by atoms with Crippen LogP contribution in [0, 0.1) is 12.3 Å². The summed E-state index contributed by atoms with van der Waals surface area (Å²) in [7, 11) is 2.26. The molecule has 1 aliphatic heterocycles. The average molecular weight is 281 g/mol. The highest BCUT2D eigenvalue weighted by atomic mass is 32.1. The van der Waals surface area contributed by atoms with Crippen LogP contribution >= 0.6 is 11.3 Å². The lowest BCUT2D eigenvalue weighted by Crippen LogP contribution is -2.46. The SMILES string of the molecule is CCCC1(CN(C)Cc2scnc2C)CCCNC1. The summed E-state index contributed by atoms with van der Waals surface area (Å²) in [5.74, 6) is 0. The minimum atomic E-state index is 0.486. The van der Waals surface area contributed by atoms with E-state index in [1.807, 2.05) is 5.51 Å². The molecule has 3 nitrogen and oxygen atoms in total. The number of rotatable bonds is 6. The van der Waals surface area contributed by atoms with Gasteiger partial charge in [0, 0.05) is 24.5 Å². The number of piperidine rings is 1. The molecule has 1 atom stereocenters. The molecule has 19 heavy (non-hydrogen) atoms. The molecule has 1 unspecified atom stereocenters. The van der Waals surface area contributed by atoms with Gasteiger partial charge in [0.25, 0.3) is 0 Å². The minimum Gasteiger partial charge on any atom is -0.316 e. The quantitative estimate of drug-likeness (QED) is 0.868. The molecule has 1 aromatic heterocycles. The van der Waals surface area contributed by atoms with Gasteiger partial charge in [-0.1, -0.05) is 13.3 Å². The van der Waals surface area contributed by atoms with E-state index in [2.05, 4.69) is 36.1 Å². The molecule has 0 aromatic carbocycles. The standard InChI is InChI=1S/C15H27N3S/c1-4-6-15(7-5-8-16-10-15)11-18(3)9-14-13(2)17-12-19-14/h12,16H,4-11H2,1-3H3. The Kier molecular flexibility index (Phi) is 5.37. The maximum absolute atomic E-state index is 4.35. The molecule has 0 amide bonds. The molecule has 0 spiro atoms. The number of hydrogen-bond donors (Lipinski definition) is 1. The van der Waals surface area contributed by atoms with Crippen LogP contribution < -0.4 is 5.32 Å². The second-order valence-electron chi connectivity index (χ2n) is 6.06. The third-order valence-electron chi connectivity index (χ3n) is 4.20. The highest BCUT2D eigenvalue weighted by Crippen LogP contribution is 2.33. The van der Waals surface area contributed by atoms with Crippen molar-refractivity contribution in [2.45, 2.75) is 46.1 Å². The van der Waals surface area contributed by atoms with Crippen molar-refractivity contribution in [1.82, 2.24) is 15.2 Å². The Balaban J connectivity index is 1.94. The van der Waals surface area contributed by atoms with E-state index in [9.17, 15) is 0 Å². The molecular weight excluding hydrogens is 254 g/mol. The van der Waals surface area contributed by atoms with Gasteiger partial charge in [-0.25, -0.2) is 4.98 Å². The number of nitrogens with one attached hydrogen (secondary N) is 1. The molecule has 1 aromatic rings. The first-order valence-corrected chi connectivity index (χ1v) is 8.31. The van der Waals surface area contributed by atoms with Crippen LogP contribution in [0.15, 0.2) is 5.51 Å². The zero-order valence-corrected chi connectivity index (χ0v) is 13.4. The van der Waals surface area contributed by atoms with Crippen LogP contribution in [0.25, 0.3) is 0 Å². The third kappa shape index (κ3) is 4.01. The van der Waals surface area contributed by atoms with E-state index in [1.165, 1.54) is 55.9 Å². The van der Waals surface area contributed by atoms with Crippen molar-refractivity contribution in [3.05, 3.63) is 16.1 Å². The normalized spacial score (nSPS) is 24.0. The Morgan fingerprint density at radius 3 is 2.95 bits per heavy atom. The van der Waals surface area contributed by atoms with Gasteiger partial charge < -0.3 is 10.2 Å². The Hall–Kier alpha value is -0.450. The summed E-state index contributed by atoms with van der Waals surface area (Å²) in [6, 6.07) is 0. The van der Waals surface area contributed by atoms with Crippen molar-refractivity contribution < 1.29 is 0 Å². The molecule has 0 saturated carbocycles. The van der Waals surface area contributed by atoms with E-state index in [0.29, 0.717) is 5.41 Å². The van der Waals surface area contributed by atoms with Gasteiger partial charge in [0.2, 0.25) is 0 Å². The lowest BCUT2D eigenvalue weighted by atomic mass is 9.76. The molecule has 1 aliphatic rings. The van der Waals surface area contributed by atoms with E-state index in [-0.39, 0.29) is 0 Å². The molecule has 0 aliphatic carbocycles. The number of aryl methyl sites for hydroxylation is 1. The highest BCUT2D eigenvalue weighted by Gasteiger charge is 2.32. The minimum absolute atomic E-state index is 0.486. The fourth-order valence-electron chi connectivity index (χ4n) is 3.34. The smallest absolute Gasteiger partial charge is 0.0798 e. The Morgan fingerprint density at radius 2 is 2.37 bits per heavy atom. The van der Waals surface area contributed by atoms with Gasteiger partial charge >= 0.3 is 0 Å². The average Bonchev–Trinajstić information content (AvgIpc) is 2.76. The van der Waals surface area contributed by atoms with Gasteiger partial charge in [-0.2, -0.15) is 0 Å². The first-order valence-electron chi connectivity index (χ1n) is 7.43. The van der Waals surface area contributed by atoms with Crippen LogP contribution in [0.3, 0.4) is 0 Å². The topological polar surface area (TPSA) is 28.2 Å². The van der Waals surface area contributed by atoms with Crippen molar-refractivity contribution in [2.24, 2.45) is 5.41 Å². The molecule has 0 radical (unpaired) electrons. The molecule has 2 heterocycles. The van der Waals surface area contributed by atoms with Crippen LogP contribution in [0.1, 0.15) is 43.2 Å². The lowest BCUT2D eigenvalue weighted by Gasteiger charge is -2.40. The van der Waals surface area contributed by atoms with Gasteiger partial charge in [-0.05, 0) is 45.2 Å². The molecule has 1 fully saturated rings. The van der Waals surface area contributed by atoms with Crippen LogP contribution in [0.4, 0.5) is 0 Å². The van der Waals surface area contributed by atoms with Gasteiger partial charge in [0.1, 0.15) is 0 Å². The molecular formula is C15H27N3S. The zero-order chi connectivity index (χ0) is 13.7. The van der Waals surface area contributed by atoms with Crippen molar-refractivity contribution in [2.75, 3.05) is 26.7 Å². The third-order valence-corrected chi connectivity index (χ3v) is 5.12. The number of aromatic nitrogens is 1. The van der Waals surface area contributed by atoms with E-state index >= 15 is 0 Å². The van der Waals surface area contributed by atoms with Gasteiger partial charge in [0.05, 0.1) is 11.2 Å². The predicted octanol–water partition coefficient (Wildman–Crippen LogP) is 3.05. The largest absolute Gasteiger partial charge is 0.316 e. The second-order valence-corrected chi connectivity index (χ2v) is 7.00. The molecule has 0 bridgehead atoms. The summed E-state index contributed by atoms with van der Waals surface area (Å²) in [6.07, 6.45) is 5.33. The molecule has 1 saturated heterocycles. The monoisotopic (exact) mass is 281 g/mol. The Labute approximate surface area is 121 Å². The van der Waals surface area contributed by atoms with Crippen LogP contribution in [0.5, 0.6) is 0 Å². The molecule has 4 heteroatoms. The first kappa shape index (κ1) is 14.9. The summed E-state index contributed by atoms with van der Waals surface area (Å²) >= 11 is 1.78. The first-order chi connectivity index (χ1) is 9.15. The second kappa shape index (κ2) is 6.82. The molecule has 108 valence electrons. The van der Waals surface area contributed by atoms with Crippen molar-refractivity contribution in [3.63, 3.8) is 0 Å². The molecule has 2 rings (SSSR count). The van der Waals surface area contributed by atoms with Gasteiger partial charge in [-0.15, -0.1) is 11.3 Å². The van der Waals surface area contributed by atoms with E-state index < -0.39 is 0 Å². The maximum Gasteiger partial charge on any atom is 0.0798 e. The Morgan fingerprint density at radius 1 is 1.53 bits per heavy atom. The van der Waals surface area contributed by atoms with Crippen LogP contribution in [-0.2, 0) is 6.54 Å². The summed E-state index contributed by atoms with van der Waals surface area (Å²) in [5.41, 5.74) is 3.64. The number of thiazole rings is 1. The van der Waals surface area contributed by atoms with Crippen LogP contribution in [-0.4, -0.2) is 36.6 Å². The summed E-state index contributed by atoms with van der Waals surface area (Å²) < 4.78 is 0. The molecule has 1 N–H and O–H groups in total. The van der Waals surface area contributed by atoms with Crippen LogP contribution in [0.2, 0.25) is 0 Å². The van der Waals surface area contributed by atoms with E-state index in [1.54, 1.807) is 11.3 Å². The lowest BCUT2D eigenvalue weighted by molar-refractivity contribution is 0.118. The number of nitrogens with zero attached hydrogens (tertiary/aromatic N) is 2. The fourth-order valence-corrected chi connectivity index (χ4v) is 4.20. The summed E-state index contributed by atoms with van der Waals surface area (Å²) in [4.78, 5) is 8.25. The Bertz CT molecular complexity index is 377.